The third-order valence-electron chi connectivity index (χ3n) is 5.25. The van der Waals surface area contributed by atoms with Crippen LogP contribution in [0.3, 0.4) is 0 Å². The number of alkyl halides is 3. The van der Waals surface area contributed by atoms with Gasteiger partial charge in [0.15, 0.2) is 0 Å². The van der Waals surface area contributed by atoms with Crippen molar-refractivity contribution in [2.24, 2.45) is 5.10 Å². The lowest BCUT2D eigenvalue weighted by atomic mass is 10.1. The number of aryl methyl sites for hydroxylation is 2. The second kappa shape index (κ2) is 9.38. The second-order valence-corrected chi connectivity index (χ2v) is 7.51. The molecular weight excluding hydrogens is 453 g/mol. The fourth-order valence-electron chi connectivity index (χ4n) is 3.51. The number of methoxy groups -OCH3 is 1. The first-order chi connectivity index (χ1) is 15.9. The molecule has 1 N–H and O–H groups in total. The lowest BCUT2D eigenvalue weighted by Crippen LogP contribution is -2.07. The van der Waals surface area contributed by atoms with Crippen LogP contribution in [0, 0.1) is 30.9 Å². The summed E-state index contributed by atoms with van der Waals surface area (Å²) in [6.07, 6.45) is -3.28. The lowest BCUT2D eigenvalue weighted by Gasteiger charge is -2.14. The number of halogens is 3. The highest BCUT2D eigenvalue weighted by atomic mass is 19.4. The maximum absolute atomic E-state index is 12.9. The van der Waals surface area contributed by atoms with Crippen LogP contribution in [0.5, 0.6) is 0 Å². The molecule has 11 heteroatoms. The van der Waals surface area contributed by atoms with E-state index in [1.165, 1.54) is 13.3 Å². The van der Waals surface area contributed by atoms with Gasteiger partial charge in [0.2, 0.25) is 0 Å². The number of hydrogen-bond donors (Lipinski definition) is 1. The Hall–Kier alpha value is -4.15. The fourth-order valence-corrected chi connectivity index (χ4v) is 3.51. The molecule has 3 rings (SSSR count). The van der Waals surface area contributed by atoms with Crippen molar-refractivity contribution in [1.29, 1.82) is 0 Å². The zero-order valence-electron chi connectivity index (χ0n) is 18.7. The van der Waals surface area contributed by atoms with Crippen molar-refractivity contribution in [3.05, 3.63) is 86.2 Å². The highest BCUT2D eigenvalue weighted by Crippen LogP contribution is 2.35. The topological polar surface area (TPSA) is 98.8 Å². The van der Waals surface area contributed by atoms with E-state index in [0.29, 0.717) is 17.2 Å². The average molecular weight is 474 g/mol. The number of aromatic nitrogens is 1. The Morgan fingerprint density at radius 1 is 1.15 bits per heavy atom. The molecule has 1 aromatic heterocycles. The number of hydrogen-bond acceptors (Lipinski definition) is 6. The Morgan fingerprint density at radius 2 is 1.85 bits per heavy atom. The monoisotopic (exact) mass is 474 g/mol. The van der Waals surface area contributed by atoms with Gasteiger partial charge in [0.05, 0.1) is 29.4 Å². The van der Waals surface area contributed by atoms with E-state index in [9.17, 15) is 28.1 Å². The normalized spacial score (nSPS) is 11.6. The quantitative estimate of drug-likeness (QED) is 0.218. The molecular formula is C23H21F3N4O4. The average Bonchev–Trinajstić information content (AvgIpc) is 3.05. The summed E-state index contributed by atoms with van der Waals surface area (Å²) in [6.45, 7) is 5.59. The SMILES string of the molecule is COC(=O)c1ccc(C)c(-n2c(C)cc(/C=N\Nc3ccc(C(F)(F)F)cc3[N+](=O)[O-])c2C)c1. The molecule has 0 unspecified atom stereocenters. The molecule has 1 heterocycles. The molecule has 178 valence electrons. The van der Waals surface area contributed by atoms with Gasteiger partial charge >= 0.3 is 12.1 Å². The number of rotatable bonds is 6. The van der Waals surface area contributed by atoms with E-state index < -0.39 is 28.3 Å². The van der Waals surface area contributed by atoms with Crippen molar-refractivity contribution >= 4 is 23.6 Å². The van der Waals surface area contributed by atoms with Gasteiger partial charge in [-0.2, -0.15) is 18.3 Å². The molecule has 0 amide bonds. The Kier molecular flexibility index (Phi) is 6.75. The Morgan fingerprint density at radius 3 is 2.47 bits per heavy atom. The summed E-state index contributed by atoms with van der Waals surface area (Å²) in [4.78, 5) is 22.3. The Labute approximate surface area is 192 Å². The summed E-state index contributed by atoms with van der Waals surface area (Å²) in [6, 6.07) is 9.18. The van der Waals surface area contributed by atoms with Crippen LogP contribution in [0.25, 0.3) is 5.69 Å². The predicted octanol–water partition coefficient (Wildman–Crippen LogP) is 5.56. The van der Waals surface area contributed by atoms with E-state index >= 15 is 0 Å². The third kappa shape index (κ3) is 4.92. The zero-order valence-corrected chi connectivity index (χ0v) is 18.7. The summed E-state index contributed by atoms with van der Waals surface area (Å²) < 4.78 is 45.3. The van der Waals surface area contributed by atoms with Gasteiger partial charge < -0.3 is 9.30 Å². The summed E-state index contributed by atoms with van der Waals surface area (Å²) >= 11 is 0. The lowest BCUT2D eigenvalue weighted by molar-refractivity contribution is -0.384. The van der Waals surface area contributed by atoms with Gasteiger partial charge in [0, 0.05) is 28.7 Å². The number of nitro benzene ring substituents is 1. The van der Waals surface area contributed by atoms with Gasteiger partial charge in [-0.3, -0.25) is 15.5 Å². The standard InChI is InChI=1S/C23H21F3N4O4/c1-13-5-6-16(22(31)34-4)10-20(13)29-14(2)9-17(15(29)3)12-27-28-19-8-7-18(23(24,25)26)11-21(19)30(32)33/h5-12,28H,1-4H3/b27-12-. The zero-order chi connectivity index (χ0) is 25.2. The van der Waals surface area contributed by atoms with Crippen molar-refractivity contribution in [1.82, 2.24) is 4.57 Å². The van der Waals surface area contributed by atoms with Crippen LogP contribution in [0.2, 0.25) is 0 Å². The van der Waals surface area contributed by atoms with Gasteiger partial charge in [0.1, 0.15) is 5.69 Å². The summed E-state index contributed by atoms with van der Waals surface area (Å²) in [5.41, 5.74) is 4.76. The van der Waals surface area contributed by atoms with Gasteiger partial charge in [0.25, 0.3) is 5.69 Å². The molecule has 2 aromatic carbocycles. The van der Waals surface area contributed by atoms with E-state index in [1.54, 1.807) is 18.2 Å². The molecule has 0 spiro atoms. The van der Waals surface area contributed by atoms with Crippen LogP contribution in [-0.2, 0) is 10.9 Å². The van der Waals surface area contributed by atoms with Crippen molar-refractivity contribution < 1.29 is 27.6 Å². The van der Waals surface area contributed by atoms with E-state index in [-0.39, 0.29) is 5.69 Å². The number of nitrogens with zero attached hydrogens (tertiary/aromatic N) is 3. The number of benzene rings is 2. The van der Waals surface area contributed by atoms with Crippen LogP contribution < -0.4 is 5.43 Å². The molecule has 0 fully saturated rings. The molecule has 8 nitrogen and oxygen atoms in total. The number of ether oxygens (including phenoxy) is 1. The van der Waals surface area contributed by atoms with Crippen molar-refractivity contribution in [3.63, 3.8) is 0 Å². The minimum Gasteiger partial charge on any atom is -0.465 e. The minimum absolute atomic E-state index is 0.176. The number of nitrogens with one attached hydrogen (secondary N) is 1. The molecule has 0 radical (unpaired) electrons. The molecule has 0 aliphatic rings. The Bertz CT molecular complexity index is 1300. The molecule has 0 saturated carbocycles. The number of carbonyl (C=O) groups excluding carboxylic acids is 1. The minimum atomic E-state index is -4.70. The van der Waals surface area contributed by atoms with Crippen LogP contribution in [0.1, 0.15) is 38.4 Å². The Balaban J connectivity index is 1.93. The maximum Gasteiger partial charge on any atom is 0.416 e. The van der Waals surface area contributed by atoms with Crippen molar-refractivity contribution in [2.45, 2.75) is 26.9 Å². The highest BCUT2D eigenvalue weighted by Gasteiger charge is 2.33. The first-order valence-electron chi connectivity index (χ1n) is 9.97. The van der Waals surface area contributed by atoms with E-state index in [4.69, 9.17) is 4.74 Å². The molecule has 0 atom stereocenters. The van der Waals surface area contributed by atoms with Gasteiger partial charge in [-0.05, 0) is 56.7 Å². The van der Waals surface area contributed by atoms with E-state index in [1.807, 2.05) is 31.4 Å². The fraction of sp³-hybridized carbons (Fsp3) is 0.217. The van der Waals surface area contributed by atoms with Crippen LogP contribution in [-0.4, -0.2) is 28.8 Å². The van der Waals surface area contributed by atoms with Gasteiger partial charge in [-0.15, -0.1) is 0 Å². The van der Waals surface area contributed by atoms with Crippen molar-refractivity contribution in [2.75, 3.05) is 12.5 Å². The number of esters is 1. The molecule has 34 heavy (non-hydrogen) atoms. The van der Waals surface area contributed by atoms with Crippen molar-refractivity contribution in [3.8, 4) is 5.69 Å². The molecule has 0 aliphatic heterocycles. The molecule has 0 saturated heterocycles. The number of nitro groups is 1. The number of anilines is 1. The van der Waals surface area contributed by atoms with Gasteiger partial charge in [-0.1, -0.05) is 6.07 Å². The predicted molar refractivity (Wildman–Crippen MR) is 121 cm³/mol. The molecule has 3 aromatic rings. The smallest absolute Gasteiger partial charge is 0.416 e. The largest absolute Gasteiger partial charge is 0.465 e. The van der Waals surface area contributed by atoms with Gasteiger partial charge in [-0.25, -0.2) is 4.79 Å². The highest BCUT2D eigenvalue weighted by molar-refractivity contribution is 5.90. The summed E-state index contributed by atoms with van der Waals surface area (Å²) in [7, 11) is 1.30. The molecule has 0 bridgehead atoms. The maximum atomic E-state index is 12.9. The van der Waals surface area contributed by atoms with Crippen LogP contribution in [0.4, 0.5) is 24.5 Å². The van der Waals surface area contributed by atoms with E-state index in [0.717, 1.165) is 34.8 Å². The first kappa shape index (κ1) is 24.5. The van der Waals surface area contributed by atoms with E-state index in [2.05, 4.69) is 10.5 Å². The second-order valence-electron chi connectivity index (χ2n) is 7.51. The summed E-state index contributed by atoms with van der Waals surface area (Å²) in [5.74, 6) is -0.465. The third-order valence-corrected chi connectivity index (χ3v) is 5.25. The number of hydrazone groups is 1. The number of carbonyl (C=O) groups is 1. The van der Waals surface area contributed by atoms with Crippen LogP contribution >= 0.6 is 0 Å². The summed E-state index contributed by atoms with van der Waals surface area (Å²) in [5, 5.41) is 15.2. The van der Waals surface area contributed by atoms with Crippen LogP contribution in [0.15, 0.2) is 47.6 Å². The molecule has 0 aliphatic carbocycles. The first-order valence-corrected chi connectivity index (χ1v) is 9.97.